The van der Waals surface area contributed by atoms with Gasteiger partial charge in [0.15, 0.2) is 6.61 Å². The van der Waals surface area contributed by atoms with Crippen LogP contribution in [0.25, 0.3) is 10.8 Å². The maximum Gasteiger partial charge on any atom is 0.338 e. The average Bonchev–Trinajstić information content (AvgIpc) is 2.86. The fraction of sp³-hybridized carbons (Fsp3) is 0.217. The van der Waals surface area contributed by atoms with E-state index in [9.17, 15) is 28.1 Å². The molecule has 1 saturated heterocycles. The van der Waals surface area contributed by atoms with E-state index in [1.807, 2.05) is 24.3 Å². The quantitative estimate of drug-likeness (QED) is 0.299. The van der Waals surface area contributed by atoms with E-state index in [4.69, 9.17) is 4.74 Å². The monoisotopic (exact) mass is 483 g/mol. The highest BCUT2D eigenvalue weighted by Crippen LogP contribution is 2.23. The predicted octanol–water partition coefficient (Wildman–Crippen LogP) is 2.44. The van der Waals surface area contributed by atoms with Crippen molar-refractivity contribution >= 4 is 38.4 Å². The van der Waals surface area contributed by atoms with E-state index in [2.05, 4.69) is 0 Å². The van der Waals surface area contributed by atoms with Gasteiger partial charge in [-0.25, -0.2) is 13.2 Å². The Morgan fingerprint density at radius 1 is 0.912 bits per heavy atom. The first-order valence-electron chi connectivity index (χ1n) is 10.4. The maximum absolute atomic E-state index is 13.1. The van der Waals surface area contributed by atoms with Crippen molar-refractivity contribution in [1.29, 1.82) is 0 Å². The average molecular weight is 484 g/mol. The molecule has 10 nitrogen and oxygen atoms in total. The van der Waals surface area contributed by atoms with Crippen LogP contribution in [0.1, 0.15) is 10.4 Å². The molecule has 3 aromatic rings. The lowest BCUT2D eigenvalue weighted by Crippen LogP contribution is -2.51. The molecule has 1 aliphatic heterocycles. The van der Waals surface area contributed by atoms with Gasteiger partial charge in [0.2, 0.25) is 10.0 Å². The summed E-state index contributed by atoms with van der Waals surface area (Å²) in [5, 5.41) is 12.6. The van der Waals surface area contributed by atoms with Crippen molar-refractivity contribution in [2.24, 2.45) is 0 Å². The molecule has 0 aliphatic carbocycles. The van der Waals surface area contributed by atoms with E-state index < -0.39 is 33.4 Å². The second-order valence-corrected chi connectivity index (χ2v) is 9.62. The van der Waals surface area contributed by atoms with Gasteiger partial charge < -0.3 is 9.64 Å². The molecule has 1 heterocycles. The van der Waals surface area contributed by atoms with Crippen molar-refractivity contribution in [1.82, 2.24) is 9.21 Å². The molecule has 1 fully saturated rings. The van der Waals surface area contributed by atoms with Gasteiger partial charge in [0.1, 0.15) is 0 Å². The molecule has 0 unspecified atom stereocenters. The molecule has 4 rings (SSSR count). The maximum atomic E-state index is 13.1. The van der Waals surface area contributed by atoms with Gasteiger partial charge in [0.25, 0.3) is 11.6 Å². The van der Waals surface area contributed by atoms with E-state index in [1.165, 1.54) is 27.4 Å². The smallest absolute Gasteiger partial charge is 0.338 e. The third-order valence-electron chi connectivity index (χ3n) is 5.57. The number of hydrogen-bond acceptors (Lipinski definition) is 7. The lowest BCUT2D eigenvalue weighted by atomic mass is 10.1. The summed E-state index contributed by atoms with van der Waals surface area (Å²) in [6, 6.07) is 17.5. The first-order chi connectivity index (χ1) is 16.3. The van der Waals surface area contributed by atoms with Crippen LogP contribution < -0.4 is 0 Å². The molecule has 0 radical (unpaired) electrons. The first-order valence-corrected chi connectivity index (χ1v) is 11.9. The Morgan fingerprint density at radius 2 is 1.62 bits per heavy atom. The molecule has 176 valence electrons. The summed E-state index contributed by atoms with van der Waals surface area (Å²) in [4.78, 5) is 36.4. The van der Waals surface area contributed by atoms with E-state index in [0.717, 1.165) is 16.8 Å². The summed E-state index contributed by atoms with van der Waals surface area (Å²) < 4.78 is 32.4. The van der Waals surface area contributed by atoms with Crippen LogP contribution in [0.5, 0.6) is 0 Å². The van der Waals surface area contributed by atoms with Crippen LogP contribution in [0.15, 0.2) is 71.6 Å². The van der Waals surface area contributed by atoms with E-state index in [-0.39, 0.29) is 42.3 Å². The van der Waals surface area contributed by atoms with Gasteiger partial charge in [-0.15, -0.1) is 0 Å². The van der Waals surface area contributed by atoms with Crippen LogP contribution in [0.2, 0.25) is 0 Å². The number of carbonyl (C=O) groups is 2. The molecule has 0 bridgehead atoms. The number of non-ortho nitro benzene ring substituents is 1. The van der Waals surface area contributed by atoms with Gasteiger partial charge in [-0.05, 0) is 29.0 Å². The summed E-state index contributed by atoms with van der Waals surface area (Å²) in [5.74, 6) is -1.32. The normalized spacial score (nSPS) is 14.6. The summed E-state index contributed by atoms with van der Waals surface area (Å²) in [6.45, 7) is -0.0155. The lowest BCUT2D eigenvalue weighted by molar-refractivity contribution is -0.384. The molecule has 0 spiro atoms. The van der Waals surface area contributed by atoms with Crippen LogP contribution in [-0.2, 0) is 19.6 Å². The minimum Gasteiger partial charge on any atom is -0.452 e. The molecule has 0 saturated carbocycles. The molecule has 34 heavy (non-hydrogen) atoms. The number of ether oxygens (including phenoxy) is 1. The molecular formula is C23H21N3O7S. The Bertz CT molecular complexity index is 1370. The number of carbonyl (C=O) groups excluding carboxylic acids is 2. The second kappa shape index (κ2) is 9.57. The lowest BCUT2D eigenvalue weighted by Gasteiger charge is -2.33. The van der Waals surface area contributed by atoms with Crippen molar-refractivity contribution in [3.8, 4) is 0 Å². The number of sulfonamides is 1. The molecule has 0 aromatic heterocycles. The fourth-order valence-corrected chi connectivity index (χ4v) is 5.16. The van der Waals surface area contributed by atoms with E-state index in [0.29, 0.717) is 0 Å². The number of piperazine rings is 1. The van der Waals surface area contributed by atoms with Crippen molar-refractivity contribution in [3.05, 3.63) is 82.4 Å². The molecule has 1 amide bonds. The number of nitro benzene ring substituents is 1. The van der Waals surface area contributed by atoms with Gasteiger partial charge in [-0.2, -0.15) is 4.31 Å². The van der Waals surface area contributed by atoms with Crippen molar-refractivity contribution in [2.45, 2.75) is 4.90 Å². The predicted molar refractivity (Wildman–Crippen MR) is 123 cm³/mol. The third kappa shape index (κ3) is 4.90. The zero-order chi connectivity index (χ0) is 24.3. The molecule has 3 aromatic carbocycles. The summed E-state index contributed by atoms with van der Waals surface area (Å²) in [7, 11) is -3.72. The Kier molecular flexibility index (Phi) is 6.57. The van der Waals surface area contributed by atoms with Crippen LogP contribution in [0.4, 0.5) is 5.69 Å². The minimum atomic E-state index is -3.72. The molecule has 0 atom stereocenters. The van der Waals surface area contributed by atoms with E-state index >= 15 is 0 Å². The number of hydrogen-bond donors (Lipinski definition) is 0. The SMILES string of the molecule is O=C(OCC(=O)N1CCN(S(=O)(=O)c2ccc3ccccc3c2)CC1)c1cccc([N+](=O)[O-])c1. The zero-order valence-corrected chi connectivity index (χ0v) is 18.8. The van der Waals surface area contributed by atoms with Gasteiger partial charge in [0, 0.05) is 38.3 Å². The number of benzene rings is 3. The van der Waals surface area contributed by atoms with Crippen molar-refractivity contribution < 1.29 is 27.7 Å². The second-order valence-electron chi connectivity index (χ2n) is 7.68. The van der Waals surface area contributed by atoms with E-state index in [1.54, 1.807) is 18.2 Å². The first kappa shape index (κ1) is 23.3. The standard InChI is InChI=1S/C23H21N3O7S/c27-22(16-33-23(28)19-6-3-7-20(14-19)26(29)30)24-10-12-25(13-11-24)34(31,32)21-9-8-17-4-1-2-5-18(17)15-21/h1-9,14-15H,10-13,16H2. The van der Waals surface area contributed by atoms with Crippen LogP contribution in [-0.4, -0.2) is 67.2 Å². The number of amides is 1. The molecule has 11 heteroatoms. The Balaban J connectivity index is 1.33. The zero-order valence-electron chi connectivity index (χ0n) is 18.0. The van der Waals surface area contributed by atoms with Gasteiger partial charge in [-0.1, -0.05) is 36.4 Å². The molecule has 1 aliphatic rings. The summed E-state index contributed by atoms with van der Waals surface area (Å²) in [5.41, 5.74) is -0.294. The van der Waals surface area contributed by atoms with Crippen molar-refractivity contribution in [3.63, 3.8) is 0 Å². The highest BCUT2D eigenvalue weighted by Gasteiger charge is 2.30. The van der Waals surface area contributed by atoms with Gasteiger partial charge in [-0.3, -0.25) is 14.9 Å². The molecule has 0 N–H and O–H groups in total. The topological polar surface area (TPSA) is 127 Å². The number of nitro groups is 1. The number of esters is 1. The number of fused-ring (bicyclic) bond motifs is 1. The Labute approximate surface area is 195 Å². The fourth-order valence-electron chi connectivity index (χ4n) is 3.70. The van der Waals surface area contributed by atoms with Gasteiger partial charge >= 0.3 is 5.97 Å². The van der Waals surface area contributed by atoms with Crippen molar-refractivity contribution in [2.75, 3.05) is 32.8 Å². The van der Waals surface area contributed by atoms with Crippen LogP contribution >= 0.6 is 0 Å². The Morgan fingerprint density at radius 3 is 2.32 bits per heavy atom. The Hall–Kier alpha value is -3.83. The molecular weight excluding hydrogens is 462 g/mol. The summed E-state index contributed by atoms with van der Waals surface area (Å²) >= 11 is 0. The number of rotatable bonds is 6. The number of nitrogens with zero attached hydrogens (tertiary/aromatic N) is 3. The summed E-state index contributed by atoms with van der Waals surface area (Å²) in [6.07, 6.45) is 0. The highest BCUT2D eigenvalue weighted by atomic mass is 32.2. The van der Waals surface area contributed by atoms with Crippen LogP contribution in [0.3, 0.4) is 0 Å². The highest BCUT2D eigenvalue weighted by molar-refractivity contribution is 7.89. The minimum absolute atomic E-state index is 0.0340. The van der Waals surface area contributed by atoms with Gasteiger partial charge in [0.05, 0.1) is 15.4 Å². The van der Waals surface area contributed by atoms with Crippen LogP contribution in [0, 0.1) is 10.1 Å². The largest absolute Gasteiger partial charge is 0.452 e. The third-order valence-corrected chi connectivity index (χ3v) is 7.46.